The van der Waals surface area contributed by atoms with Crippen molar-refractivity contribution in [3.63, 3.8) is 0 Å². The zero-order valence-electron chi connectivity index (χ0n) is 30.3. The van der Waals surface area contributed by atoms with E-state index in [1.54, 1.807) is 11.3 Å². The van der Waals surface area contributed by atoms with Gasteiger partial charge in [0.15, 0.2) is 11.6 Å². The van der Waals surface area contributed by atoms with E-state index >= 15 is 0 Å². The van der Waals surface area contributed by atoms with Gasteiger partial charge in [0.2, 0.25) is 11.9 Å². The van der Waals surface area contributed by atoms with Gasteiger partial charge in [-0.15, -0.1) is 11.3 Å². The van der Waals surface area contributed by atoms with Gasteiger partial charge in [0.25, 0.3) is 0 Å². The number of thiophene rings is 1. The molecule has 0 aliphatic carbocycles. The molecule has 0 saturated heterocycles. The fraction of sp³-hybridized carbons (Fsp3) is 0. The number of hydrogen-bond acceptors (Lipinski definition) is 6. The fourth-order valence-corrected chi connectivity index (χ4v) is 9.45. The predicted octanol–water partition coefficient (Wildman–Crippen LogP) is 12.2. The predicted molar refractivity (Wildman–Crippen MR) is 233 cm³/mol. The lowest BCUT2D eigenvalue weighted by atomic mass is 10.1. The summed E-state index contributed by atoms with van der Waals surface area (Å²) in [6.45, 7) is 0. The van der Waals surface area contributed by atoms with Crippen LogP contribution >= 0.6 is 11.3 Å². The molecular weight excluding hydrogens is 719 g/mol. The maximum absolute atomic E-state index is 5.43. The van der Waals surface area contributed by atoms with E-state index in [2.05, 4.69) is 118 Å². The van der Waals surface area contributed by atoms with E-state index in [9.17, 15) is 0 Å². The molecule has 0 N–H and O–H groups in total. The van der Waals surface area contributed by atoms with Crippen molar-refractivity contribution in [2.45, 2.75) is 0 Å². The number of para-hydroxylation sites is 2. The van der Waals surface area contributed by atoms with Gasteiger partial charge in [-0.25, -0.2) is 15.0 Å². The highest BCUT2D eigenvalue weighted by Gasteiger charge is 2.25. The van der Waals surface area contributed by atoms with Crippen molar-refractivity contribution in [2.24, 2.45) is 0 Å². The van der Waals surface area contributed by atoms with Crippen molar-refractivity contribution >= 4 is 75.3 Å². The Bertz CT molecular complexity index is 3460. The molecule has 0 aliphatic rings. The molecule has 7 aromatic carbocycles. The molecule has 0 unspecified atom stereocenters. The molecule has 57 heavy (non-hydrogen) atoms. The largest absolute Gasteiger partial charge is 0.278 e. The first-order chi connectivity index (χ1) is 28.3. The average molecular weight is 748 g/mol. The number of hydrogen-bond donors (Lipinski definition) is 0. The van der Waals surface area contributed by atoms with Crippen molar-refractivity contribution in [2.75, 3.05) is 0 Å². The fourth-order valence-electron chi connectivity index (χ4n) is 8.30. The van der Waals surface area contributed by atoms with Crippen LogP contribution in [0.25, 0.3) is 110 Å². The van der Waals surface area contributed by atoms with Gasteiger partial charge in [0.1, 0.15) is 0 Å². The van der Waals surface area contributed by atoms with Gasteiger partial charge in [-0.1, -0.05) is 152 Å². The van der Waals surface area contributed by atoms with E-state index in [1.807, 2.05) is 66.7 Å². The summed E-state index contributed by atoms with van der Waals surface area (Å²) in [5, 5.41) is 5.50. The molecule has 0 aliphatic heterocycles. The molecule has 5 aromatic heterocycles. The first-order valence-electron chi connectivity index (χ1n) is 18.9. The second kappa shape index (κ2) is 12.5. The van der Waals surface area contributed by atoms with E-state index in [1.165, 1.54) is 4.70 Å². The first kappa shape index (κ1) is 31.8. The summed E-state index contributed by atoms with van der Waals surface area (Å²) in [5.74, 6) is 2.39. The minimum Gasteiger partial charge on any atom is -0.278 e. The van der Waals surface area contributed by atoms with Crippen LogP contribution in [0.3, 0.4) is 0 Å². The van der Waals surface area contributed by atoms with Gasteiger partial charge in [0, 0.05) is 48.3 Å². The number of benzene rings is 7. The number of aromatic nitrogens is 7. The smallest absolute Gasteiger partial charge is 0.238 e. The topological polar surface area (TPSA) is 74.3 Å². The molecule has 0 radical (unpaired) electrons. The van der Waals surface area contributed by atoms with Crippen molar-refractivity contribution in [3.8, 4) is 45.9 Å². The van der Waals surface area contributed by atoms with Crippen molar-refractivity contribution in [1.29, 1.82) is 0 Å². The van der Waals surface area contributed by atoms with Crippen LogP contribution in [0.1, 0.15) is 0 Å². The summed E-state index contributed by atoms with van der Waals surface area (Å²) in [4.78, 5) is 26.3. The molecule has 7 nitrogen and oxygen atoms in total. The van der Waals surface area contributed by atoms with E-state index in [4.69, 9.17) is 24.9 Å². The van der Waals surface area contributed by atoms with Crippen LogP contribution in [0.15, 0.2) is 176 Å². The Morgan fingerprint density at radius 2 is 0.912 bits per heavy atom. The zero-order valence-corrected chi connectivity index (χ0v) is 31.1. The van der Waals surface area contributed by atoms with Gasteiger partial charge >= 0.3 is 0 Å². The molecular formula is C49H29N7S. The Morgan fingerprint density at radius 3 is 1.60 bits per heavy atom. The Labute approximate surface area is 329 Å². The zero-order chi connectivity index (χ0) is 37.5. The molecule has 0 amide bonds. The lowest BCUT2D eigenvalue weighted by Gasteiger charge is -2.12. The molecule has 0 fully saturated rings. The second-order valence-electron chi connectivity index (χ2n) is 14.1. The third-order valence-electron chi connectivity index (χ3n) is 10.8. The summed E-state index contributed by atoms with van der Waals surface area (Å²) < 4.78 is 6.71. The summed E-state index contributed by atoms with van der Waals surface area (Å²) in [7, 11) is 0. The standard InChI is InChI=1S/C49H29N7S/c1-4-16-30(17-5-1)42-45-43(36-24-12-15-27-40(36)57-45)51-48(50-42)55-38-26-14-11-23-35(38)41-39(55)29-28-34-33-22-10-13-25-37(33)56(44(34)41)49-53-46(31-18-6-2-7-19-31)52-47(54-49)32-20-8-3-9-21-32/h1-29H. The molecule has 0 bridgehead atoms. The maximum Gasteiger partial charge on any atom is 0.238 e. The van der Waals surface area contributed by atoms with Gasteiger partial charge in [-0.3, -0.25) is 9.13 Å². The van der Waals surface area contributed by atoms with Gasteiger partial charge in [-0.2, -0.15) is 9.97 Å². The SMILES string of the molecule is c1ccc(-c2nc(-c3ccccc3)nc(-n3c4ccccc4c4ccc5c(c6ccccc6n5-c5nc(-c6ccccc6)c6sc7ccccc7c6n5)c43)n2)cc1. The summed E-state index contributed by atoms with van der Waals surface area (Å²) in [6.07, 6.45) is 0. The number of nitrogens with zero attached hydrogens (tertiary/aromatic N) is 7. The van der Waals surface area contributed by atoms with Crippen LogP contribution in [0, 0.1) is 0 Å². The van der Waals surface area contributed by atoms with Gasteiger partial charge < -0.3 is 0 Å². The quantitative estimate of drug-likeness (QED) is 0.175. The highest BCUT2D eigenvalue weighted by atomic mass is 32.1. The normalized spacial score (nSPS) is 11.9. The minimum atomic E-state index is 0.548. The van der Waals surface area contributed by atoms with Crippen molar-refractivity contribution in [3.05, 3.63) is 176 Å². The Morgan fingerprint density at radius 1 is 0.368 bits per heavy atom. The van der Waals surface area contributed by atoms with Crippen LogP contribution in [0.2, 0.25) is 0 Å². The number of rotatable bonds is 5. The first-order valence-corrected chi connectivity index (χ1v) is 19.7. The minimum absolute atomic E-state index is 0.548. The van der Waals surface area contributed by atoms with E-state index < -0.39 is 0 Å². The molecule has 12 rings (SSSR count). The van der Waals surface area contributed by atoms with E-state index in [-0.39, 0.29) is 0 Å². The average Bonchev–Trinajstić information content (AvgIpc) is 3.94. The molecule has 0 spiro atoms. The molecule has 266 valence electrons. The number of fused-ring (bicyclic) bond motifs is 10. The maximum atomic E-state index is 5.43. The van der Waals surface area contributed by atoms with Crippen molar-refractivity contribution < 1.29 is 0 Å². The van der Waals surface area contributed by atoms with Gasteiger partial charge in [0.05, 0.1) is 38.0 Å². The van der Waals surface area contributed by atoms with Gasteiger partial charge in [-0.05, 0) is 24.3 Å². The van der Waals surface area contributed by atoms with Crippen LogP contribution < -0.4 is 0 Å². The molecule has 0 saturated carbocycles. The lowest BCUT2D eigenvalue weighted by Crippen LogP contribution is -2.06. The van der Waals surface area contributed by atoms with Crippen molar-refractivity contribution in [1.82, 2.24) is 34.1 Å². The van der Waals surface area contributed by atoms with Crippen LogP contribution in [0.5, 0.6) is 0 Å². The highest BCUT2D eigenvalue weighted by Crippen LogP contribution is 2.43. The molecule has 5 heterocycles. The summed E-state index contributed by atoms with van der Waals surface area (Å²) in [5.41, 5.74) is 8.80. The molecule has 8 heteroatoms. The Balaban J connectivity index is 1.21. The molecule has 12 aromatic rings. The van der Waals surface area contributed by atoms with Crippen LogP contribution in [-0.2, 0) is 0 Å². The third-order valence-corrected chi connectivity index (χ3v) is 12.0. The van der Waals surface area contributed by atoms with E-state index in [0.717, 1.165) is 81.6 Å². The molecule has 0 atom stereocenters. The summed E-state index contributed by atoms with van der Waals surface area (Å²) in [6, 6.07) is 60.7. The van der Waals surface area contributed by atoms with Crippen LogP contribution in [-0.4, -0.2) is 34.1 Å². The summed E-state index contributed by atoms with van der Waals surface area (Å²) >= 11 is 1.74. The Hall–Kier alpha value is -7.55. The Kier molecular flexibility index (Phi) is 6.96. The van der Waals surface area contributed by atoms with Crippen LogP contribution in [0.4, 0.5) is 0 Å². The second-order valence-corrected chi connectivity index (χ2v) is 15.1. The third kappa shape index (κ3) is 4.87. The lowest BCUT2D eigenvalue weighted by molar-refractivity contribution is 0.955. The van der Waals surface area contributed by atoms with E-state index in [0.29, 0.717) is 23.5 Å². The monoisotopic (exact) mass is 747 g/mol. The highest BCUT2D eigenvalue weighted by molar-refractivity contribution is 7.26.